The Balaban J connectivity index is 2.31. The van der Waals surface area contributed by atoms with Gasteiger partial charge in [-0.1, -0.05) is 35.8 Å². The average Bonchev–Trinajstić information content (AvgIpc) is 2.56. The van der Waals surface area contributed by atoms with Crippen LogP contribution < -0.4 is 10.1 Å². The standard InChI is InChI=1S/C12H16BrNO/c1-3-10-12(14-4-2)9-6-5-8(13)7-11(9)15-10/h5-7,10,12,14H,3-4H2,1-2H3. The molecule has 0 bridgehead atoms. The van der Waals surface area contributed by atoms with Crippen molar-refractivity contribution in [1.29, 1.82) is 0 Å². The molecule has 0 saturated heterocycles. The van der Waals surface area contributed by atoms with Crippen LogP contribution in [-0.4, -0.2) is 12.6 Å². The molecule has 15 heavy (non-hydrogen) atoms. The van der Waals surface area contributed by atoms with Gasteiger partial charge in [0, 0.05) is 10.0 Å². The van der Waals surface area contributed by atoms with E-state index in [0.29, 0.717) is 6.04 Å². The topological polar surface area (TPSA) is 21.3 Å². The highest BCUT2D eigenvalue weighted by atomic mass is 79.9. The fraction of sp³-hybridized carbons (Fsp3) is 0.500. The van der Waals surface area contributed by atoms with E-state index in [9.17, 15) is 0 Å². The summed E-state index contributed by atoms with van der Waals surface area (Å²) in [6.45, 7) is 5.26. The van der Waals surface area contributed by atoms with Crippen LogP contribution in [0.25, 0.3) is 0 Å². The van der Waals surface area contributed by atoms with Crippen molar-refractivity contribution in [2.75, 3.05) is 6.54 Å². The number of likely N-dealkylation sites (N-methyl/N-ethyl adjacent to an activating group) is 1. The summed E-state index contributed by atoms with van der Waals surface area (Å²) in [7, 11) is 0. The maximum absolute atomic E-state index is 5.91. The third-order valence-electron chi connectivity index (χ3n) is 2.79. The van der Waals surface area contributed by atoms with Gasteiger partial charge in [-0.15, -0.1) is 0 Å². The number of ether oxygens (including phenoxy) is 1. The average molecular weight is 270 g/mol. The summed E-state index contributed by atoms with van der Waals surface area (Å²) in [4.78, 5) is 0. The molecule has 0 radical (unpaired) electrons. The number of rotatable bonds is 3. The molecule has 1 heterocycles. The molecule has 0 spiro atoms. The second-order valence-corrected chi connectivity index (χ2v) is 4.70. The van der Waals surface area contributed by atoms with Gasteiger partial charge in [-0.05, 0) is 25.1 Å². The molecular formula is C12H16BrNO. The van der Waals surface area contributed by atoms with Crippen molar-refractivity contribution in [1.82, 2.24) is 5.32 Å². The number of hydrogen-bond acceptors (Lipinski definition) is 2. The van der Waals surface area contributed by atoms with Gasteiger partial charge in [-0.25, -0.2) is 0 Å². The van der Waals surface area contributed by atoms with Crippen molar-refractivity contribution in [2.24, 2.45) is 0 Å². The summed E-state index contributed by atoms with van der Waals surface area (Å²) < 4.78 is 6.99. The van der Waals surface area contributed by atoms with Gasteiger partial charge in [0.25, 0.3) is 0 Å². The van der Waals surface area contributed by atoms with Crippen LogP contribution in [0.15, 0.2) is 22.7 Å². The molecule has 1 N–H and O–H groups in total. The third kappa shape index (κ3) is 2.04. The van der Waals surface area contributed by atoms with Gasteiger partial charge in [0.15, 0.2) is 0 Å². The van der Waals surface area contributed by atoms with Gasteiger partial charge in [-0.2, -0.15) is 0 Å². The van der Waals surface area contributed by atoms with Gasteiger partial charge in [0.05, 0.1) is 6.04 Å². The molecule has 2 unspecified atom stereocenters. The molecule has 0 aromatic heterocycles. The summed E-state index contributed by atoms with van der Waals surface area (Å²) in [6.07, 6.45) is 1.30. The molecule has 82 valence electrons. The van der Waals surface area contributed by atoms with Crippen LogP contribution in [-0.2, 0) is 0 Å². The lowest BCUT2D eigenvalue weighted by Crippen LogP contribution is -2.30. The number of nitrogens with one attached hydrogen (secondary N) is 1. The Morgan fingerprint density at radius 3 is 2.87 bits per heavy atom. The molecule has 0 saturated carbocycles. The molecule has 1 aliphatic rings. The molecule has 1 aromatic carbocycles. The Morgan fingerprint density at radius 1 is 1.40 bits per heavy atom. The van der Waals surface area contributed by atoms with Crippen LogP contribution in [0.1, 0.15) is 31.9 Å². The highest BCUT2D eigenvalue weighted by Gasteiger charge is 2.32. The van der Waals surface area contributed by atoms with E-state index in [0.717, 1.165) is 23.2 Å². The van der Waals surface area contributed by atoms with E-state index in [-0.39, 0.29) is 6.10 Å². The van der Waals surface area contributed by atoms with Gasteiger partial charge in [0.1, 0.15) is 11.9 Å². The minimum atomic E-state index is 0.272. The van der Waals surface area contributed by atoms with E-state index in [1.807, 2.05) is 0 Å². The molecular weight excluding hydrogens is 254 g/mol. The van der Waals surface area contributed by atoms with Crippen LogP contribution in [0.5, 0.6) is 5.75 Å². The lowest BCUT2D eigenvalue weighted by Gasteiger charge is -2.17. The van der Waals surface area contributed by atoms with E-state index in [1.54, 1.807) is 0 Å². The van der Waals surface area contributed by atoms with E-state index in [2.05, 4.69) is 53.3 Å². The Hall–Kier alpha value is -0.540. The van der Waals surface area contributed by atoms with E-state index in [1.165, 1.54) is 5.56 Å². The SMILES string of the molecule is CCNC1c2ccc(Br)cc2OC1CC. The first kappa shape index (κ1) is 11.0. The van der Waals surface area contributed by atoms with Gasteiger partial charge in [-0.3, -0.25) is 0 Å². The molecule has 0 aliphatic carbocycles. The summed E-state index contributed by atoms with van der Waals surface area (Å²) in [5, 5.41) is 3.48. The third-order valence-corrected chi connectivity index (χ3v) is 3.28. The quantitative estimate of drug-likeness (QED) is 0.910. The van der Waals surface area contributed by atoms with Gasteiger partial charge in [0.2, 0.25) is 0 Å². The normalized spacial score (nSPS) is 23.7. The minimum absolute atomic E-state index is 0.272. The largest absolute Gasteiger partial charge is 0.488 e. The highest BCUT2D eigenvalue weighted by Crippen LogP contribution is 2.39. The van der Waals surface area contributed by atoms with Crippen molar-refractivity contribution < 1.29 is 4.74 Å². The number of halogens is 1. The summed E-state index contributed by atoms with van der Waals surface area (Å²) in [5.74, 6) is 1.02. The molecule has 3 heteroatoms. The van der Waals surface area contributed by atoms with Crippen LogP contribution in [0.4, 0.5) is 0 Å². The van der Waals surface area contributed by atoms with Crippen molar-refractivity contribution in [2.45, 2.75) is 32.4 Å². The zero-order valence-corrected chi connectivity index (χ0v) is 10.7. The van der Waals surface area contributed by atoms with Crippen LogP contribution in [0, 0.1) is 0 Å². The van der Waals surface area contributed by atoms with Crippen LogP contribution in [0.3, 0.4) is 0 Å². The lowest BCUT2D eigenvalue weighted by molar-refractivity contribution is 0.186. The second kappa shape index (κ2) is 4.54. The zero-order chi connectivity index (χ0) is 10.8. The number of hydrogen-bond donors (Lipinski definition) is 1. The molecule has 1 aromatic rings. The highest BCUT2D eigenvalue weighted by molar-refractivity contribution is 9.10. The first-order valence-electron chi connectivity index (χ1n) is 5.45. The van der Waals surface area contributed by atoms with Crippen molar-refractivity contribution >= 4 is 15.9 Å². The first-order chi connectivity index (χ1) is 7.26. The van der Waals surface area contributed by atoms with Crippen molar-refractivity contribution in [3.05, 3.63) is 28.2 Å². The fourth-order valence-electron chi connectivity index (χ4n) is 2.08. The Kier molecular flexibility index (Phi) is 3.32. The number of benzene rings is 1. The Labute approximate surface area is 99.1 Å². The number of fused-ring (bicyclic) bond motifs is 1. The van der Waals surface area contributed by atoms with E-state index >= 15 is 0 Å². The van der Waals surface area contributed by atoms with Crippen LogP contribution >= 0.6 is 15.9 Å². The summed E-state index contributed by atoms with van der Waals surface area (Å²) >= 11 is 3.47. The van der Waals surface area contributed by atoms with E-state index in [4.69, 9.17) is 4.74 Å². The van der Waals surface area contributed by atoms with Crippen molar-refractivity contribution in [3.8, 4) is 5.75 Å². The van der Waals surface area contributed by atoms with Crippen molar-refractivity contribution in [3.63, 3.8) is 0 Å². The second-order valence-electron chi connectivity index (χ2n) is 3.78. The Bertz CT molecular complexity index is 353. The molecule has 2 nitrogen and oxygen atoms in total. The molecule has 1 aliphatic heterocycles. The maximum atomic E-state index is 5.91. The fourth-order valence-corrected chi connectivity index (χ4v) is 2.42. The first-order valence-corrected chi connectivity index (χ1v) is 6.25. The predicted octanol–water partition coefficient (Wildman–Crippen LogP) is 3.27. The maximum Gasteiger partial charge on any atom is 0.125 e. The van der Waals surface area contributed by atoms with E-state index < -0.39 is 0 Å². The molecule has 2 rings (SSSR count). The lowest BCUT2D eigenvalue weighted by atomic mass is 10.0. The zero-order valence-electron chi connectivity index (χ0n) is 9.09. The smallest absolute Gasteiger partial charge is 0.125 e. The summed E-state index contributed by atoms with van der Waals surface area (Å²) in [6, 6.07) is 6.62. The Morgan fingerprint density at radius 2 is 2.20 bits per heavy atom. The minimum Gasteiger partial charge on any atom is -0.488 e. The van der Waals surface area contributed by atoms with Crippen LogP contribution in [0.2, 0.25) is 0 Å². The molecule has 0 amide bonds. The van der Waals surface area contributed by atoms with Gasteiger partial charge < -0.3 is 10.1 Å². The van der Waals surface area contributed by atoms with Gasteiger partial charge >= 0.3 is 0 Å². The predicted molar refractivity (Wildman–Crippen MR) is 65.3 cm³/mol. The monoisotopic (exact) mass is 269 g/mol. The molecule has 0 fully saturated rings. The summed E-state index contributed by atoms with van der Waals surface area (Å²) in [5.41, 5.74) is 1.28. The molecule has 2 atom stereocenters.